The first kappa shape index (κ1) is 9.16. The lowest BCUT2D eigenvalue weighted by Crippen LogP contribution is -2.11. The third-order valence-electron chi connectivity index (χ3n) is 2.86. The van der Waals surface area contributed by atoms with E-state index in [1.165, 1.54) is 11.1 Å². The molecule has 3 rings (SSSR count). The van der Waals surface area contributed by atoms with Crippen molar-refractivity contribution in [3.05, 3.63) is 65.7 Å². The van der Waals surface area contributed by atoms with E-state index in [2.05, 4.69) is 53.0 Å². The van der Waals surface area contributed by atoms with Gasteiger partial charge in [0.25, 0.3) is 0 Å². The van der Waals surface area contributed by atoms with Crippen molar-refractivity contribution in [2.24, 2.45) is 5.10 Å². The Morgan fingerprint density at radius 3 is 2.50 bits per heavy atom. The number of nitrogens with one attached hydrogen (secondary N) is 1. The molecule has 0 aromatic heterocycles. The van der Waals surface area contributed by atoms with Crippen LogP contribution in [0.15, 0.2) is 59.7 Å². The number of para-hydroxylation sites is 1. The van der Waals surface area contributed by atoms with Gasteiger partial charge in [0, 0.05) is 12.1 Å². The summed E-state index contributed by atoms with van der Waals surface area (Å²) in [5, 5.41) is 4.20. The number of hydrogen-bond donors (Lipinski definition) is 1. The van der Waals surface area contributed by atoms with Crippen LogP contribution in [-0.2, 0) is 0 Å². The molecule has 0 radical (unpaired) electrons. The predicted octanol–water partition coefficient (Wildman–Crippen LogP) is 3.23. The minimum atomic E-state index is 0.263. The lowest BCUT2D eigenvalue weighted by molar-refractivity contribution is 1.06. The quantitative estimate of drug-likeness (QED) is 0.764. The zero-order valence-corrected chi connectivity index (χ0v) is 8.80. The molecular weight excluding hydrogens is 196 g/mol. The number of benzene rings is 2. The Labute approximate surface area is 94.6 Å². The molecular formula is C14H12N2. The van der Waals surface area contributed by atoms with Gasteiger partial charge in [-0.1, -0.05) is 48.5 Å². The summed E-state index contributed by atoms with van der Waals surface area (Å²) in [4.78, 5) is 0. The molecule has 2 heteroatoms. The Kier molecular flexibility index (Phi) is 2.18. The molecule has 1 N–H and O–H groups in total. The highest BCUT2D eigenvalue weighted by molar-refractivity contribution is 5.80. The molecule has 1 atom stereocenters. The topological polar surface area (TPSA) is 24.4 Å². The Hall–Kier alpha value is -2.09. The Bertz CT molecular complexity index is 517. The van der Waals surface area contributed by atoms with Gasteiger partial charge < -0.3 is 0 Å². The summed E-state index contributed by atoms with van der Waals surface area (Å²) < 4.78 is 0. The van der Waals surface area contributed by atoms with Gasteiger partial charge in [0.1, 0.15) is 0 Å². The van der Waals surface area contributed by atoms with E-state index in [1.807, 2.05) is 18.3 Å². The van der Waals surface area contributed by atoms with Gasteiger partial charge in [-0.15, -0.1) is 0 Å². The van der Waals surface area contributed by atoms with Crippen LogP contribution >= 0.6 is 0 Å². The van der Waals surface area contributed by atoms with E-state index >= 15 is 0 Å². The molecule has 0 spiro atoms. The Balaban J connectivity index is 2.09. The highest BCUT2D eigenvalue weighted by atomic mass is 15.3. The summed E-state index contributed by atoms with van der Waals surface area (Å²) in [7, 11) is 0. The second-order valence-corrected chi connectivity index (χ2v) is 3.87. The van der Waals surface area contributed by atoms with Gasteiger partial charge in [0.15, 0.2) is 0 Å². The van der Waals surface area contributed by atoms with Crippen molar-refractivity contribution in [1.29, 1.82) is 0 Å². The molecule has 78 valence electrons. The van der Waals surface area contributed by atoms with E-state index < -0.39 is 0 Å². The lowest BCUT2D eigenvalue weighted by atomic mass is 9.90. The van der Waals surface area contributed by atoms with Crippen LogP contribution in [0.2, 0.25) is 0 Å². The average Bonchev–Trinajstić information content (AvgIpc) is 2.39. The first-order valence-corrected chi connectivity index (χ1v) is 5.38. The van der Waals surface area contributed by atoms with E-state index in [4.69, 9.17) is 0 Å². The van der Waals surface area contributed by atoms with Gasteiger partial charge in [-0.3, -0.25) is 5.43 Å². The number of anilines is 1. The number of hydrazone groups is 1. The second-order valence-electron chi connectivity index (χ2n) is 3.87. The summed E-state index contributed by atoms with van der Waals surface area (Å²) in [6.45, 7) is 0. The van der Waals surface area contributed by atoms with Crippen molar-refractivity contribution in [3.63, 3.8) is 0 Å². The van der Waals surface area contributed by atoms with Gasteiger partial charge in [0.2, 0.25) is 0 Å². The minimum Gasteiger partial charge on any atom is -0.278 e. The molecule has 2 aromatic rings. The highest BCUT2D eigenvalue weighted by Crippen LogP contribution is 2.31. The molecule has 1 unspecified atom stereocenters. The van der Waals surface area contributed by atoms with Crippen molar-refractivity contribution in [2.45, 2.75) is 5.92 Å². The van der Waals surface area contributed by atoms with E-state index in [1.54, 1.807) is 0 Å². The van der Waals surface area contributed by atoms with Gasteiger partial charge in [-0.25, -0.2) is 0 Å². The highest BCUT2D eigenvalue weighted by Gasteiger charge is 2.17. The van der Waals surface area contributed by atoms with Crippen LogP contribution in [0.25, 0.3) is 0 Å². The average molecular weight is 208 g/mol. The minimum absolute atomic E-state index is 0.263. The fraction of sp³-hybridized carbons (Fsp3) is 0.0714. The SMILES string of the molecule is C1=NNc2ccccc2C1c1ccccc1. The third-order valence-corrected chi connectivity index (χ3v) is 2.86. The van der Waals surface area contributed by atoms with Crippen LogP contribution in [-0.4, -0.2) is 6.21 Å². The summed E-state index contributed by atoms with van der Waals surface area (Å²) in [5.74, 6) is 0.263. The molecule has 0 bridgehead atoms. The van der Waals surface area contributed by atoms with Crippen LogP contribution in [0.1, 0.15) is 17.0 Å². The first-order valence-electron chi connectivity index (χ1n) is 5.38. The Morgan fingerprint density at radius 1 is 0.875 bits per heavy atom. The van der Waals surface area contributed by atoms with Crippen LogP contribution in [0.5, 0.6) is 0 Å². The maximum absolute atomic E-state index is 4.20. The third kappa shape index (κ3) is 1.48. The molecule has 1 aliphatic heterocycles. The summed E-state index contributed by atoms with van der Waals surface area (Å²) >= 11 is 0. The molecule has 2 nitrogen and oxygen atoms in total. The Morgan fingerprint density at radius 2 is 1.62 bits per heavy atom. The monoisotopic (exact) mass is 208 g/mol. The first-order chi connectivity index (χ1) is 7.95. The van der Waals surface area contributed by atoms with Crippen LogP contribution in [0.4, 0.5) is 5.69 Å². The zero-order chi connectivity index (χ0) is 10.8. The molecule has 1 heterocycles. The molecule has 0 fully saturated rings. The van der Waals surface area contributed by atoms with Crippen molar-refractivity contribution >= 4 is 11.9 Å². The molecule has 0 saturated heterocycles. The van der Waals surface area contributed by atoms with E-state index in [9.17, 15) is 0 Å². The second kappa shape index (κ2) is 3.81. The van der Waals surface area contributed by atoms with E-state index in [0.29, 0.717) is 0 Å². The number of hydrogen-bond acceptors (Lipinski definition) is 2. The van der Waals surface area contributed by atoms with Crippen LogP contribution in [0, 0.1) is 0 Å². The summed E-state index contributed by atoms with van der Waals surface area (Å²) in [5.41, 5.74) is 6.69. The summed E-state index contributed by atoms with van der Waals surface area (Å²) in [6, 6.07) is 18.7. The fourth-order valence-corrected chi connectivity index (χ4v) is 2.06. The molecule has 2 aromatic carbocycles. The van der Waals surface area contributed by atoms with Crippen molar-refractivity contribution in [1.82, 2.24) is 0 Å². The fourth-order valence-electron chi connectivity index (χ4n) is 2.06. The van der Waals surface area contributed by atoms with Gasteiger partial charge in [0.05, 0.1) is 5.69 Å². The number of rotatable bonds is 1. The maximum atomic E-state index is 4.20. The van der Waals surface area contributed by atoms with Crippen LogP contribution < -0.4 is 5.43 Å². The molecule has 16 heavy (non-hydrogen) atoms. The smallest absolute Gasteiger partial charge is 0.0603 e. The van der Waals surface area contributed by atoms with Gasteiger partial charge in [-0.05, 0) is 17.2 Å². The molecule has 0 saturated carbocycles. The van der Waals surface area contributed by atoms with E-state index in [-0.39, 0.29) is 5.92 Å². The van der Waals surface area contributed by atoms with Crippen molar-refractivity contribution in [2.75, 3.05) is 5.43 Å². The summed E-state index contributed by atoms with van der Waals surface area (Å²) in [6.07, 6.45) is 1.96. The predicted molar refractivity (Wildman–Crippen MR) is 66.8 cm³/mol. The lowest BCUT2D eigenvalue weighted by Gasteiger charge is -2.20. The number of nitrogens with zero attached hydrogens (tertiary/aromatic N) is 1. The zero-order valence-electron chi connectivity index (χ0n) is 8.80. The van der Waals surface area contributed by atoms with Gasteiger partial charge in [-0.2, -0.15) is 5.10 Å². The largest absolute Gasteiger partial charge is 0.278 e. The van der Waals surface area contributed by atoms with Crippen molar-refractivity contribution in [3.8, 4) is 0 Å². The van der Waals surface area contributed by atoms with Gasteiger partial charge >= 0.3 is 0 Å². The molecule has 0 aliphatic carbocycles. The molecule has 0 amide bonds. The van der Waals surface area contributed by atoms with Crippen LogP contribution in [0.3, 0.4) is 0 Å². The standard InChI is InChI=1S/C14H12N2/c1-2-6-11(7-3-1)13-10-15-16-14-9-5-4-8-12(13)14/h1-10,13,16H. The van der Waals surface area contributed by atoms with E-state index in [0.717, 1.165) is 5.69 Å². The van der Waals surface area contributed by atoms with Crippen molar-refractivity contribution < 1.29 is 0 Å². The normalized spacial score (nSPS) is 17.6. The maximum Gasteiger partial charge on any atom is 0.0603 e. The molecule has 1 aliphatic rings. The number of fused-ring (bicyclic) bond motifs is 1.